The second kappa shape index (κ2) is 7.04. The van der Waals surface area contributed by atoms with Gasteiger partial charge in [0.15, 0.2) is 0 Å². The van der Waals surface area contributed by atoms with Gasteiger partial charge < -0.3 is 5.32 Å². The summed E-state index contributed by atoms with van der Waals surface area (Å²) in [5.41, 5.74) is 2.32. The highest BCUT2D eigenvalue weighted by Gasteiger charge is 2.10. The van der Waals surface area contributed by atoms with E-state index in [1.165, 1.54) is 10.4 Å². The third-order valence-electron chi connectivity index (χ3n) is 3.24. The molecule has 0 radical (unpaired) electrons. The van der Waals surface area contributed by atoms with Crippen molar-refractivity contribution in [1.82, 2.24) is 9.97 Å². The summed E-state index contributed by atoms with van der Waals surface area (Å²) in [4.78, 5) is 10.3. The molecule has 0 unspecified atom stereocenters. The zero-order valence-corrected chi connectivity index (χ0v) is 13.7. The third kappa shape index (κ3) is 3.49. The first kappa shape index (κ1) is 15.3. The van der Waals surface area contributed by atoms with Crippen LogP contribution in [0.25, 0.3) is 0 Å². The lowest BCUT2D eigenvalue weighted by atomic mass is 10.2. The fraction of sp³-hybridized carbons (Fsp3) is 0.467. The van der Waals surface area contributed by atoms with Crippen molar-refractivity contribution in [3.8, 4) is 0 Å². The molecule has 108 valence electrons. The number of halogens is 1. The Morgan fingerprint density at radius 2 is 2.10 bits per heavy atom. The largest absolute Gasteiger partial charge is 0.365 e. The van der Waals surface area contributed by atoms with Crippen LogP contribution in [0.5, 0.6) is 0 Å². The number of aryl methyl sites for hydroxylation is 2. The van der Waals surface area contributed by atoms with Gasteiger partial charge in [0.05, 0.1) is 6.54 Å². The van der Waals surface area contributed by atoms with Gasteiger partial charge in [-0.25, -0.2) is 9.97 Å². The number of nitrogens with one attached hydrogen (secondary N) is 1. The van der Waals surface area contributed by atoms with Crippen molar-refractivity contribution in [2.45, 2.75) is 46.6 Å². The summed E-state index contributed by atoms with van der Waals surface area (Å²) in [5.74, 6) is 1.66. The summed E-state index contributed by atoms with van der Waals surface area (Å²) in [6.07, 6.45) is 2.93. The molecule has 5 heteroatoms. The minimum absolute atomic E-state index is 0.549. The lowest BCUT2D eigenvalue weighted by Gasteiger charge is -2.11. The van der Waals surface area contributed by atoms with Crippen molar-refractivity contribution in [1.29, 1.82) is 0 Å². The molecule has 0 aromatic carbocycles. The first-order valence-electron chi connectivity index (χ1n) is 6.97. The molecule has 0 aliphatic heterocycles. The van der Waals surface area contributed by atoms with Gasteiger partial charge in [-0.05, 0) is 36.8 Å². The molecule has 0 fully saturated rings. The monoisotopic (exact) mass is 309 g/mol. The van der Waals surface area contributed by atoms with Gasteiger partial charge in [0.2, 0.25) is 0 Å². The number of aromatic nitrogens is 2. The van der Waals surface area contributed by atoms with Crippen molar-refractivity contribution in [3.05, 3.63) is 38.4 Å². The Kier molecular flexibility index (Phi) is 5.38. The van der Waals surface area contributed by atoms with E-state index in [2.05, 4.69) is 40.6 Å². The predicted octanol–water partition coefficient (Wildman–Crippen LogP) is 4.63. The van der Waals surface area contributed by atoms with Crippen LogP contribution in [-0.4, -0.2) is 9.97 Å². The summed E-state index contributed by atoms with van der Waals surface area (Å²) in [5, 5.41) is 6.09. The van der Waals surface area contributed by atoms with Crippen molar-refractivity contribution >= 4 is 28.8 Å². The topological polar surface area (TPSA) is 37.8 Å². The van der Waals surface area contributed by atoms with Gasteiger partial charge in [0.1, 0.15) is 16.8 Å². The first-order valence-corrected chi connectivity index (χ1v) is 8.23. The number of nitrogens with zero attached hydrogens (tertiary/aromatic N) is 2. The van der Waals surface area contributed by atoms with Crippen molar-refractivity contribution in [3.63, 3.8) is 0 Å². The van der Waals surface area contributed by atoms with Gasteiger partial charge in [-0.15, -0.1) is 11.3 Å². The molecular weight excluding hydrogens is 290 g/mol. The van der Waals surface area contributed by atoms with Crippen LogP contribution >= 0.6 is 22.9 Å². The Bertz CT molecular complexity index is 580. The van der Waals surface area contributed by atoms with Crippen LogP contribution in [0.4, 0.5) is 5.82 Å². The van der Waals surface area contributed by atoms with Crippen LogP contribution in [-0.2, 0) is 19.4 Å². The van der Waals surface area contributed by atoms with Crippen LogP contribution in [0.1, 0.15) is 42.1 Å². The van der Waals surface area contributed by atoms with Gasteiger partial charge in [-0.1, -0.05) is 25.4 Å². The molecule has 3 nitrogen and oxygen atoms in total. The predicted molar refractivity (Wildman–Crippen MR) is 86.8 cm³/mol. The van der Waals surface area contributed by atoms with Crippen LogP contribution < -0.4 is 5.32 Å². The number of rotatable bonds is 6. The summed E-state index contributed by atoms with van der Waals surface area (Å²) >= 11 is 7.96. The Hall–Kier alpha value is -1.13. The van der Waals surface area contributed by atoms with E-state index in [0.29, 0.717) is 5.15 Å². The van der Waals surface area contributed by atoms with E-state index in [9.17, 15) is 0 Å². The van der Waals surface area contributed by atoms with Gasteiger partial charge in [-0.3, -0.25) is 0 Å². The molecule has 0 amide bonds. The Morgan fingerprint density at radius 1 is 1.30 bits per heavy atom. The molecule has 2 aromatic rings. The molecule has 0 aliphatic carbocycles. The maximum atomic E-state index is 6.19. The van der Waals surface area contributed by atoms with Crippen molar-refractivity contribution < 1.29 is 0 Å². The Balaban J connectivity index is 2.16. The molecule has 0 saturated heterocycles. The number of hydrogen-bond acceptors (Lipinski definition) is 4. The SMILES string of the molecule is CCCc1nc(Cl)c(C)c(NCc2sccc2CC)n1. The maximum absolute atomic E-state index is 6.19. The van der Waals surface area contributed by atoms with E-state index in [1.54, 1.807) is 11.3 Å². The highest BCUT2D eigenvalue weighted by atomic mass is 35.5. The molecule has 0 saturated carbocycles. The maximum Gasteiger partial charge on any atom is 0.137 e. The van der Waals surface area contributed by atoms with Gasteiger partial charge in [0, 0.05) is 16.9 Å². The van der Waals surface area contributed by atoms with Gasteiger partial charge in [-0.2, -0.15) is 0 Å². The molecule has 0 atom stereocenters. The normalized spacial score (nSPS) is 10.8. The lowest BCUT2D eigenvalue weighted by molar-refractivity contribution is 0.830. The second-order valence-corrected chi connectivity index (χ2v) is 6.09. The van der Waals surface area contributed by atoms with E-state index in [-0.39, 0.29) is 0 Å². The van der Waals surface area contributed by atoms with E-state index in [4.69, 9.17) is 11.6 Å². The van der Waals surface area contributed by atoms with Crippen LogP contribution in [0, 0.1) is 6.92 Å². The molecule has 2 rings (SSSR count). The third-order valence-corrected chi connectivity index (χ3v) is 4.57. The Labute approximate surface area is 129 Å². The van der Waals surface area contributed by atoms with E-state index in [0.717, 1.165) is 43.0 Å². The standard InChI is InChI=1S/C15H20ClN3S/c1-4-6-13-18-14(16)10(3)15(19-13)17-9-12-11(5-2)7-8-20-12/h7-8H,4-6,9H2,1-3H3,(H,17,18,19). The van der Waals surface area contributed by atoms with E-state index in [1.807, 2.05) is 6.92 Å². The number of thiophene rings is 1. The first-order chi connectivity index (χ1) is 9.65. The van der Waals surface area contributed by atoms with Crippen LogP contribution in [0.2, 0.25) is 5.15 Å². The summed E-state index contributed by atoms with van der Waals surface area (Å²) in [6.45, 7) is 7.04. The molecular formula is C15H20ClN3S. The molecule has 1 N–H and O–H groups in total. The smallest absolute Gasteiger partial charge is 0.137 e. The van der Waals surface area contributed by atoms with Gasteiger partial charge >= 0.3 is 0 Å². The highest BCUT2D eigenvalue weighted by Crippen LogP contribution is 2.23. The molecule has 20 heavy (non-hydrogen) atoms. The number of anilines is 1. The zero-order valence-electron chi connectivity index (χ0n) is 12.2. The summed E-state index contributed by atoms with van der Waals surface area (Å²) in [7, 11) is 0. The molecule has 0 aliphatic rings. The van der Waals surface area contributed by atoms with Crippen LogP contribution in [0.15, 0.2) is 11.4 Å². The average molecular weight is 310 g/mol. The summed E-state index contributed by atoms with van der Waals surface area (Å²) < 4.78 is 0. The highest BCUT2D eigenvalue weighted by molar-refractivity contribution is 7.10. The number of hydrogen-bond donors (Lipinski definition) is 1. The minimum Gasteiger partial charge on any atom is -0.365 e. The fourth-order valence-corrected chi connectivity index (χ4v) is 3.14. The minimum atomic E-state index is 0.549. The summed E-state index contributed by atoms with van der Waals surface area (Å²) in [6, 6.07) is 2.18. The lowest BCUT2D eigenvalue weighted by Crippen LogP contribution is -2.07. The molecule has 2 aromatic heterocycles. The quantitative estimate of drug-likeness (QED) is 0.791. The van der Waals surface area contributed by atoms with E-state index < -0.39 is 0 Å². The molecule has 0 spiro atoms. The Morgan fingerprint density at radius 3 is 2.80 bits per heavy atom. The molecule has 0 bridgehead atoms. The molecule has 2 heterocycles. The average Bonchev–Trinajstić information content (AvgIpc) is 2.89. The van der Waals surface area contributed by atoms with Crippen molar-refractivity contribution in [2.75, 3.05) is 5.32 Å². The second-order valence-electron chi connectivity index (χ2n) is 4.73. The fourth-order valence-electron chi connectivity index (χ4n) is 2.04. The van der Waals surface area contributed by atoms with E-state index >= 15 is 0 Å². The van der Waals surface area contributed by atoms with Gasteiger partial charge in [0.25, 0.3) is 0 Å². The van der Waals surface area contributed by atoms with Crippen LogP contribution in [0.3, 0.4) is 0 Å². The zero-order chi connectivity index (χ0) is 14.5. The van der Waals surface area contributed by atoms with Crippen molar-refractivity contribution in [2.24, 2.45) is 0 Å².